The molecular weight excluding hydrogens is 208 g/mol. The van der Waals surface area contributed by atoms with Gasteiger partial charge in [-0.15, -0.1) is 0 Å². The lowest BCUT2D eigenvalue weighted by molar-refractivity contribution is 0.638. The van der Waals surface area contributed by atoms with Crippen LogP contribution < -0.4 is 10.2 Å². The van der Waals surface area contributed by atoms with Gasteiger partial charge < -0.3 is 10.2 Å². The first-order chi connectivity index (χ1) is 8.36. The van der Waals surface area contributed by atoms with Gasteiger partial charge in [0, 0.05) is 25.3 Å². The minimum atomic E-state index is 1.04. The molecule has 94 valence electrons. The molecule has 1 aromatic rings. The van der Waals surface area contributed by atoms with Crippen molar-refractivity contribution < 1.29 is 0 Å². The molecule has 0 bridgehead atoms. The van der Waals surface area contributed by atoms with Crippen LogP contribution in [0.2, 0.25) is 0 Å². The number of nitrogens with one attached hydrogen (secondary N) is 1. The largest absolute Gasteiger partial charge is 0.371 e. The van der Waals surface area contributed by atoms with E-state index < -0.39 is 0 Å². The van der Waals surface area contributed by atoms with Gasteiger partial charge >= 0.3 is 0 Å². The Morgan fingerprint density at radius 3 is 2.65 bits per heavy atom. The third-order valence-electron chi connectivity index (χ3n) is 3.44. The molecule has 1 heterocycles. The van der Waals surface area contributed by atoms with Crippen molar-refractivity contribution in [1.29, 1.82) is 0 Å². The second-order valence-electron chi connectivity index (χ2n) is 4.83. The topological polar surface area (TPSA) is 15.3 Å². The Hall–Kier alpha value is -1.02. The summed E-state index contributed by atoms with van der Waals surface area (Å²) >= 11 is 0. The highest BCUT2D eigenvalue weighted by Gasteiger charge is 2.15. The molecule has 1 aliphatic rings. The summed E-state index contributed by atoms with van der Waals surface area (Å²) in [5.41, 5.74) is 4.55. The van der Waals surface area contributed by atoms with E-state index in [1.54, 1.807) is 5.56 Å². The molecule has 0 aromatic heterocycles. The van der Waals surface area contributed by atoms with Crippen LogP contribution in [0.3, 0.4) is 0 Å². The molecule has 0 amide bonds. The minimum absolute atomic E-state index is 1.04. The predicted octanol–water partition coefficient (Wildman–Crippen LogP) is 2.96. The first-order valence-corrected chi connectivity index (χ1v) is 6.93. The normalized spacial score (nSPS) is 14.5. The average Bonchev–Trinajstić information content (AvgIpc) is 2.38. The molecule has 0 radical (unpaired) electrons. The Kier molecular flexibility index (Phi) is 4.43. The van der Waals surface area contributed by atoms with E-state index in [4.69, 9.17) is 0 Å². The van der Waals surface area contributed by atoms with Crippen LogP contribution in [0, 0.1) is 0 Å². The molecule has 0 unspecified atom stereocenters. The highest BCUT2D eigenvalue weighted by molar-refractivity contribution is 5.57. The zero-order valence-electron chi connectivity index (χ0n) is 11.1. The third kappa shape index (κ3) is 2.81. The molecule has 2 nitrogen and oxygen atoms in total. The van der Waals surface area contributed by atoms with Crippen LogP contribution in [0.5, 0.6) is 0 Å². The molecule has 0 saturated heterocycles. The van der Waals surface area contributed by atoms with Crippen molar-refractivity contribution >= 4 is 5.69 Å². The molecule has 0 fully saturated rings. The summed E-state index contributed by atoms with van der Waals surface area (Å²) in [5.74, 6) is 0. The first-order valence-electron chi connectivity index (χ1n) is 6.93. The highest BCUT2D eigenvalue weighted by Crippen LogP contribution is 2.26. The number of benzene rings is 1. The zero-order valence-corrected chi connectivity index (χ0v) is 11.1. The van der Waals surface area contributed by atoms with Crippen molar-refractivity contribution in [1.82, 2.24) is 5.32 Å². The molecule has 0 spiro atoms. The lowest BCUT2D eigenvalue weighted by atomic mass is 9.98. The number of nitrogens with zero attached hydrogens (tertiary/aromatic N) is 1. The van der Waals surface area contributed by atoms with E-state index in [2.05, 4.69) is 42.3 Å². The van der Waals surface area contributed by atoms with Crippen LogP contribution >= 0.6 is 0 Å². The fourth-order valence-corrected chi connectivity index (χ4v) is 2.70. The Labute approximate surface area is 105 Å². The van der Waals surface area contributed by atoms with Gasteiger partial charge in [0.25, 0.3) is 0 Å². The maximum atomic E-state index is 3.45. The van der Waals surface area contributed by atoms with Crippen molar-refractivity contribution in [3.63, 3.8) is 0 Å². The maximum absolute atomic E-state index is 3.45. The fraction of sp³-hybridized carbons (Fsp3) is 0.600. The molecule has 1 N–H and O–H groups in total. The van der Waals surface area contributed by atoms with Gasteiger partial charge in [0.15, 0.2) is 0 Å². The second-order valence-corrected chi connectivity index (χ2v) is 4.83. The van der Waals surface area contributed by atoms with E-state index in [0.717, 1.165) is 13.1 Å². The molecule has 17 heavy (non-hydrogen) atoms. The summed E-state index contributed by atoms with van der Waals surface area (Å²) in [4.78, 5) is 2.56. The highest BCUT2D eigenvalue weighted by atomic mass is 15.1. The van der Waals surface area contributed by atoms with E-state index in [1.807, 2.05) is 0 Å². The number of fused-ring (bicyclic) bond motifs is 1. The smallest absolute Gasteiger partial charge is 0.0402 e. The van der Waals surface area contributed by atoms with Crippen LogP contribution in [0.1, 0.15) is 37.8 Å². The molecule has 0 atom stereocenters. The molecule has 1 aliphatic heterocycles. The second kappa shape index (κ2) is 6.06. The Balaban J connectivity index is 2.28. The SMILES string of the molecule is CCCN(CCC)c1cccc2c1CCNC2. The lowest BCUT2D eigenvalue weighted by Gasteiger charge is -2.29. The van der Waals surface area contributed by atoms with Crippen molar-refractivity contribution in [2.24, 2.45) is 0 Å². The van der Waals surface area contributed by atoms with Gasteiger partial charge in [-0.1, -0.05) is 26.0 Å². The van der Waals surface area contributed by atoms with Crippen LogP contribution in [0.15, 0.2) is 18.2 Å². The van der Waals surface area contributed by atoms with Crippen molar-refractivity contribution in [2.75, 3.05) is 24.5 Å². The van der Waals surface area contributed by atoms with Gasteiger partial charge in [0.2, 0.25) is 0 Å². The monoisotopic (exact) mass is 232 g/mol. The van der Waals surface area contributed by atoms with Crippen LogP contribution in [0.4, 0.5) is 5.69 Å². The summed E-state index contributed by atoms with van der Waals surface area (Å²) in [6.45, 7) is 9.04. The first kappa shape index (κ1) is 12.4. The van der Waals surface area contributed by atoms with E-state index in [-0.39, 0.29) is 0 Å². The maximum Gasteiger partial charge on any atom is 0.0402 e. The Bertz CT molecular complexity index is 354. The van der Waals surface area contributed by atoms with Gasteiger partial charge in [0.05, 0.1) is 0 Å². The number of anilines is 1. The van der Waals surface area contributed by atoms with E-state index in [0.29, 0.717) is 0 Å². The third-order valence-corrected chi connectivity index (χ3v) is 3.44. The van der Waals surface area contributed by atoms with Crippen molar-refractivity contribution in [3.05, 3.63) is 29.3 Å². The van der Waals surface area contributed by atoms with Gasteiger partial charge in [-0.05, 0) is 43.0 Å². The molecule has 0 saturated carbocycles. The minimum Gasteiger partial charge on any atom is -0.371 e. The van der Waals surface area contributed by atoms with E-state index >= 15 is 0 Å². The van der Waals surface area contributed by atoms with Gasteiger partial charge in [-0.25, -0.2) is 0 Å². The lowest BCUT2D eigenvalue weighted by Crippen LogP contribution is -2.30. The van der Waals surface area contributed by atoms with Crippen molar-refractivity contribution in [3.8, 4) is 0 Å². The fourth-order valence-electron chi connectivity index (χ4n) is 2.70. The quantitative estimate of drug-likeness (QED) is 0.839. The number of hydrogen-bond acceptors (Lipinski definition) is 2. The molecule has 2 rings (SSSR count). The number of rotatable bonds is 5. The Morgan fingerprint density at radius 1 is 1.18 bits per heavy atom. The summed E-state index contributed by atoms with van der Waals surface area (Å²) in [6.07, 6.45) is 3.62. The number of hydrogen-bond donors (Lipinski definition) is 1. The average molecular weight is 232 g/mol. The van der Waals surface area contributed by atoms with Crippen molar-refractivity contribution in [2.45, 2.75) is 39.7 Å². The summed E-state index contributed by atoms with van der Waals surface area (Å²) < 4.78 is 0. The van der Waals surface area contributed by atoms with Gasteiger partial charge in [-0.3, -0.25) is 0 Å². The molecular formula is C15H24N2. The summed E-state index contributed by atoms with van der Waals surface area (Å²) in [5, 5.41) is 3.45. The van der Waals surface area contributed by atoms with Crippen LogP contribution in [0.25, 0.3) is 0 Å². The summed E-state index contributed by atoms with van der Waals surface area (Å²) in [7, 11) is 0. The predicted molar refractivity (Wildman–Crippen MR) is 74.6 cm³/mol. The standard InChI is InChI=1S/C15H24N2/c1-3-10-17(11-4-2)15-7-5-6-13-12-16-9-8-14(13)15/h5-7,16H,3-4,8-12H2,1-2H3. The Morgan fingerprint density at radius 2 is 1.94 bits per heavy atom. The zero-order chi connectivity index (χ0) is 12.1. The van der Waals surface area contributed by atoms with E-state index in [9.17, 15) is 0 Å². The van der Waals surface area contributed by atoms with Crippen LogP contribution in [-0.2, 0) is 13.0 Å². The molecule has 2 heteroatoms. The summed E-state index contributed by atoms with van der Waals surface area (Å²) in [6, 6.07) is 6.77. The van der Waals surface area contributed by atoms with Gasteiger partial charge in [0.1, 0.15) is 0 Å². The molecule has 0 aliphatic carbocycles. The van der Waals surface area contributed by atoms with Gasteiger partial charge in [-0.2, -0.15) is 0 Å². The van der Waals surface area contributed by atoms with Crippen LogP contribution in [-0.4, -0.2) is 19.6 Å². The molecule has 1 aromatic carbocycles. The van der Waals surface area contributed by atoms with E-state index in [1.165, 1.54) is 43.6 Å².